The summed E-state index contributed by atoms with van der Waals surface area (Å²) >= 11 is 0. The number of aryl methyl sites for hydroxylation is 1. The predicted molar refractivity (Wildman–Crippen MR) is 117 cm³/mol. The van der Waals surface area contributed by atoms with Gasteiger partial charge in [-0.15, -0.1) is 0 Å². The summed E-state index contributed by atoms with van der Waals surface area (Å²) < 4.78 is 7.99. The second kappa shape index (κ2) is 8.51. The number of piperidine rings is 1. The number of carbonyl (C=O) groups is 1. The van der Waals surface area contributed by atoms with Gasteiger partial charge in [-0.1, -0.05) is 18.2 Å². The third-order valence-corrected chi connectivity index (χ3v) is 6.35. The van der Waals surface area contributed by atoms with E-state index in [0.717, 1.165) is 38.2 Å². The molecule has 3 aromatic rings. The summed E-state index contributed by atoms with van der Waals surface area (Å²) in [5.74, 6) is 0.981. The summed E-state index contributed by atoms with van der Waals surface area (Å²) in [6.07, 6.45) is 9.17. The molecule has 0 aliphatic carbocycles. The first-order valence-electron chi connectivity index (χ1n) is 10.8. The number of ether oxygens (including phenoxy) is 1. The van der Waals surface area contributed by atoms with Crippen LogP contribution in [0.5, 0.6) is 5.75 Å². The molecule has 7 heteroatoms. The lowest BCUT2D eigenvalue weighted by atomic mass is 9.87. The van der Waals surface area contributed by atoms with E-state index < -0.39 is 0 Å². The molecule has 0 saturated carbocycles. The Hall–Kier alpha value is -3.19. The molecule has 0 bridgehead atoms. The zero-order valence-electron chi connectivity index (χ0n) is 17.7. The van der Waals surface area contributed by atoms with Crippen molar-refractivity contribution in [3.63, 3.8) is 0 Å². The van der Waals surface area contributed by atoms with Crippen molar-refractivity contribution in [1.82, 2.24) is 24.6 Å². The summed E-state index contributed by atoms with van der Waals surface area (Å²) in [6, 6.07) is 14.8. The van der Waals surface area contributed by atoms with E-state index in [1.165, 1.54) is 5.56 Å². The van der Waals surface area contributed by atoms with E-state index in [-0.39, 0.29) is 18.1 Å². The van der Waals surface area contributed by atoms with E-state index in [9.17, 15) is 4.79 Å². The van der Waals surface area contributed by atoms with Crippen molar-refractivity contribution < 1.29 is 9.53 Å². The predicted octanol–water partition coefficient (Wildman–Crippen LogP) is 2.92. The highest BCUT2D eigenvalue weighted by molar-refractivity contribution is 5.93. The van der Waals surface area contributed by atoms with Gasteiger partial charge in [0.1, 0.15) is 11.9 Å². The lowest BCUT2D eigenvalue weighted by molar-refractivity contribution is -0.0842. The second-order valence-electron chi connectivity index (χ2n) is 8.32. The molecule has 0 unspecified atom stereocenters. The molecule has 0 spiro atoms. The minimum absolute atomic E-state index is 0.0751. The first-order chi connectivity index (χ1) is 15.2. The maximum Gasteiger partial charge on any atom is 0.257 e. The van der Waals surface area contributed by atoms with Crippen LogP contribution < -0.4 is 4.74 Å². The highest BCUT2D eigenvalue weighted by Gasteiger charge is 2.46. The number of benzene rings is 1. The van der Waals surface area contributed by atoms with Gasteiger partial charge in [-0.2, -0.15) is 5.10 Å². The molecular formula is C24H27N5O2. The lowest BCUT2D eigenvalue weighted by Crippen LogP contribution is -2.61. The van der Waals surface area contributed by atoms with E-state index >= 15 is 0 Å². The molecule has 2 aliphatic heterocycles. The maximum absolute atomic E-state index is 12.7. The number of carbonyl (C=O) groups excluding carboxylic acids is 1. The number of likely N-dealkylation sites (tertiary alicyclic amines) is 2. The van der Waals surface area contributed by atoms with Crippen LogP contribution in [0.4, 0.5) is 0 Å². The molecular weight excluding hydrogens is 390 g/mol. The van der Waals surface area contributed by atoms with Crippen molar-refractivity contribution in [1.29, 1.82) is 0 Å². The SMILES string of the molecule is Cn1cc(C(=O)N2CCC(N3C[C@H](Oc4ccccc4)[C@@H]3c3ccncc3)CC2)cn1. The Morgan fingerprint density at radius 3 is 2.48 bits per heavy atom. The average molecular weight is 418 g/mol. The van der Waals surface area contributed by atoms with Crippen LogP contribution in [-0.4, -0.2) is 62.3 Å². The van der Waals surface area contributed by atoms with Crippen LogP contribution >= 0.6 is 0 Å². The van der Waals surface area contributed by atoms with Crippen LogP contribution in [0.1, 0.15) is 34.8 Å². The number of nitrogens with zero attached hydrogens (tertiary/aromatic N) is 5. The molecule has 31 heavy (non-hydrogen) atoms. The van der Waals surface area contributed by atoms with Gasteiger partial charge in [-0.25, -0.2) is 0 Å². The fourth-order valence-electron chi connectivity index (χ4n) is 4.73. The molecule has 2 aromatic heterocycles. The molecule has 2 atom stereocenters. The molecule has 5 rings (SSSR count). The van der Waals surface area contributed by atoms with Crippen LogP contribution in [0.3, 0.4) is 0 Å². The minimum Gasteiger partial charge on any atom is -0.487 e. The second-order valence-corrected chi connectivity index (χ2v) is 8.32. The Bertz CT molecular complexity index is 1010. The van der Waals surface area contributed by atoms with Crippen molar-refractivity contribution in [3.05, 3.63) is 78.4 Å². The molecule has 4 heterocycles. The third kappa shape index (κ3) is 4.05. The summed E-state index contributed by atoms with van der Waals surface area (Å²) in [5.41, 5.74) is 1.90. The van der Waals surface area contributed by atoms with Crippen LogP contribution in [0.2, 0.25) is 0 Å². The number of hydrogen-bond donors (Lipinski definition) is 0. The van der Waals surface area contributed by atoms with Crippen LogP contribution in [-0.2, 0) is 7.05 Å². The zero-order chi connectivity index (χ0) is 21.2. The molecule has 1 aromatic carbocycles. The number of pyridine rings is 1. The van der Waals surface area contributed by atoms with Gasteiger partial charge in [0.15, 0.2) is 0 Å². The third-order valence-electron chi connectivity index (χ3n) is 6.35. The number of para-hydroxylation sites is 1. The van der Waals surface area contributed by atoms with Crippen molar-refractivity contribution in [3.8, 4) is 5.75 Å². The molecule has 0 radical (unpaired) electrons. The van der Waals surface area contributed by atoms with Crippen molar-refractivity contribution in [2.24, 2.45) is 7.05 Å². The lowest BCUT2D eigenvalue weighted by Gasteiger charge is -2.53. The first kappa shape index (κ1) is 19.8. The maximum atomic E-state index is 12.7. The van der Waals surface area contributed by atoms with Crippen molar-refractivity contribution in [2.45, 2.75) is 31.0 Å². The zero-order valence-corrected chi connectivity index (χ0v) is 17.7. The quantitative estimate of drug-likeness (QED) is 0.639. The molecule has 2 fully saturated rings. The highest BCUT2D eigenvalue weighted by atomic mass is 16.5. The van der Waals surface area contributed by atoms with E-state index in [2.05, 4.69) is 27.1 Å². The minimum atomic E-state index is 0.0751. The topological polar surface area (TPSA) is 63.5 Å². The molecule has 2 saturated heterocycles. The Morgan fingerprint density at radius 1 is 1.06 bits per heavy atom. The Labute approximate surface area is 182 Å². The van der Waals surface area contributed by atoms with Gasteiger partial charge in [-0.05, 0) is 42.7 Å². The van der Waals surface area contributed by atoms with Gasteiger partial charge < -0.3 is 9.64 Å². The number of aromatic nitrogens is 3. The van der Waals surface area contributed by atoms with E-state index in [0.29, 0.717) is 11.6 Å². The number of amides is 1. The standard InChI is InChI=1S/C24H27N5O2/c1-27-16-19(15-26-27)24(30)28-13-9-20(10-14-28)29-17-22(31-21-5-3-2-4-6-21)23(29)18-7-11-25-12-8-18/h2-8,11-12,15-16,20,22-23H,9-10,13-14,17H2,1H3/t22-,23-/m0/s1. The molecule has 1 amide bonds. The van der Waals surface area contributed by atoms with Crippen LogP contribution in [0, 0.1) is 0 Å². The summed E-state index contributed by atoms with van der Waals surface area (Å²) in [6.45, 7) is 2.42. The monoisotopic (exact) mass is 417 g/mol. The van der Waals surface area contributed by atoms with Gasteiger partial charge >= 0.3 is 0 Å². The fourth-order valence-corrected chi connectivity index (χ4v) is 4.73. The van der Waals surface area contributed by atoms with Gasteiger partial charge in [0.25, 0.3) is 5.91 Å². The molecule has 7 nitrogen and oxygen atoms in total. The molecule has 2 aliphatic rings. The van der Waals surface area contributed by atoms with Crippen LogP contribution in [0.25, 0.3) is 0 Å². The van der Waals surface area contributed by atoms with E-state index in [1.54, 1.807) is 17.1 Å². The van der Waals surface area contributed by atoms with Crippen molar-refractivity contribution in [2.75, 3.05) is 19.6 Å². The van der Waals surface area contributed by atoms with E-state index in [1.807, 2.05) is 54.7 Å². The van der Waals surface area contributed by atoms with Crippen LogP contribution in [0.15, 0.2) is 67.3 Å². The smallest absolute Gasteiger partial charge is 0.257 e. The van der Waals surface area contributed by atoms with Gasteiger partial charge in [0, 0.05) is 51.3 Å². The molecule has 0 N–H and O–H groups in total. The van der Waals surface area contributed by atoms with Gasteiger partial charge in [-0.3, -0.25) is 19.4 Å². The van der Waals surface area contributed by atoms with Gasteiger partial charge in [0.05, 0.1) is 17.8 Å². The summed E-state index contributed by atoms with van der Waals surface area (Å²) in [7, 11) is 1.83. The number of hydrogen-bond acceptors (Lipinski definition) is 5. The number of rotatable bonds is 5. The summed E-state index contributed by atoms with van der Waals surface area (Å²) in [4.78, 5) is 21.4. The largest absolute Gasteiger partial charge is 0.487 e. The Morgan fingerprint density at radius 2 is 1.81 bits per heavy atom. The normalized spacial score (nSPS) is 22.2. The average Bonchev–Trinajstić information content (AvgIpc) is 3.24. The summed E-state index contributed by atoms with van der Waals surface area (Å²) in [5, 5.41) is 4.13. The Kier molecular flexibility index (Phi) is 5.42. The fraction of sp³-hybridized carbons (Fsp3) is 0.375. The highest BCUT2D eigenvalue weighted by Crippen LogP contribution is 2.40. The van der Waals surface area contributed by atoms with Crippen molar-refractivity contribution >= 4 is 5.91 Å². The Balaban J connectivity index is 1.26. The van der Waals surface area contributed by atoms with E-state index in [4.69, 9.17) is 4.74 Å². The van der Waals surface area contributed by atoms with Gasteiger partial charge in [0.2, 0.25) is 0 Å². The molecule has 160 valence electrons. The first-order valence-corrected chi connectivity index (χ1v) is 10.8.